The van der Waals surface area contributed by atoms with Gasteiger partial charge in [-0.1, -0.05) is 30.3 Å². The van der Waals surface area contributed by atoms with E-state index in [-0.39, 0.29) is 28.0 Å². The summed E-state index contributed by atoms with van der Waals surface area (Å²) in [7, 11) is 0. The molecule has 0 atom stereocenters. The minimum atomic E-state index is -4.49. The van der Waals surface area contributed by atoms with Gasteiger partial charge in [-0.05, 0) is 23.8 Å². The molecule has 2 N–H and O–H groups in total. The molecule has 5 nitrogen and oxygen atoms in total. The van der Waals surface area contributed by atoms with E-state index in [1.54, 1.807) is 18.2 Å². The zero-order valence-electron chi connectivity index (χ0n) is 14.1. The number of hydrogen-bond donors (Lipinski definition) is 2. The molecule has 0 saturated heterocycles. The highest BCUT2D eigenvalue weighted by Crippen LogP contribution is 2.29. The Hall–Kier alpha value is -3.42. The number of rotatable bonds is 3. The Bertz CT molecular complexity index is 1080. The average molecular weight is 376 g/mol. The maximum Gasteiger partial charge on any atom is 0.416 e. The van der Waals surface area contributed by atoms with E-state index in [1.165, 1.54) is 31.2 Å². The van der Waals surface area contributed by atoms with Gasteiger partial charge in [-0.2, -0.15) is 13.2 Å². The van der Waals surface area contributed by atoms with Gasteiger partial charge in [0.2, 0.25) is 0 Å². The first-order valence-corrected chi connectivity index (χ1v) is 7.87. The second-order valence-corrected chi connectivity index (χ2v) is 5.87. The number of ketones is 1. The third-order valence-corrected chi connectivity index (χ3v) is 4.08. The molecular formula is C19H15F3N2O3+2. The summed E-state index contributed by atoms with van der Waals surface area (Å²) < 4.78 is 39.7. The average Bonchev–Trinajstić information content (AvgIpc) is 2.64. The summed E-state index contributed by atoms with van der Waals surface area (Å²) in [6.45, 7) is 1.44. The summed E-state index contributed by atoms with van der Waals surface area (Å²) in [6, 6.07) is 10.9. The third-order valence-electron chi connectivity index (χ3n) is 4.08. The highest BCUT2D eigenvalue weighted by molar-refractivity contribution is 6.05. The van der Waals surface area contributed by atoms with Gasteiger partial charge in [0.25, 0.3) is 5.78 Å². The summed E-state index contributed by atoms with van der Waals surface area (Å²) in [5, 5.41) is 20.6. The molecule has 0 aliphatic rings. The Morgan fingerprint density at radius 1 is 1.00 bits per heavy atom. The summed E-state index contributed by atoms with van der Waals surface area (Å²) in [5.41, 5.74) is -0.297. The minimum Gasteiger partial charge on any atom is -0.284 e. The van der Waals surface area contributed by atoms with Gasteiger partial charge in [0.05, 0.1) is 5.56 Å². The van der Waals surface area contributed by atoms with Crippen molar-refractivity contribution in [1.82, 2.24) is 0 Å². The van der Waals surface area contributed by atoms with Crippen LogP contribution in [0.3, 0.4) is 0 Å². The van der Waals surface area contributed by atoms with Crippen molar-refractivity contribution in [2.24, 2.45) is 0 Å². The van der Waals surface area contributed by atoms with E-state index < -0.39 is 17.5 Å². The van der Waals surface area contributed by atoms with Crippen LogP contribution >= 0.6 is 0 Å². The topological polar surface area (TPSA) is 65.3 Å². The normalized spacial score (nSPS) is 12.0. The number of carbonyl (C=O) groups is 1. The lowest BCUT2D eigenvalue weighted by Gasteiger charge is -2.06. The van der Waals surface area contributed by atoms with E-state index in [0.29, 0.717) is 4.73 Å². The molecule has 2 aromatic carbocycles. The number of hydrogen-bond acceptors (Lipinski definition) is 3. The second kappa shape index (κ2) is 6.71. The quantitative estimate of drug-likeness (QED) is 0.320. The number of aromatic nitrogens is 2. The van der Waals surface area contributed by atoms with Crippen LogP contribution < -0.4 is 9.46 Å². The molecule has 0 radical (unpaired) electrons. The Balaban J connectivity index is 2.01. The standard InChI is InChI=1S/C19H15F3N2O3/c1-12-18(24(27)16-8-3-2-7-15(16)23(12)26)17(25)10-9-13-5-4-6-14(11-13)19(20,21)22/h2-11,26-27H,1H3/q+2/b10-9+. The summed E-state index contributed by atoms with van der Waals surface area (Å²) in [6.07, 6.45) is -2.23. The number of para-hydroxylation sites is 2. The van der Waals surface area contributed by atoms with Gasteiger partial charge >= 0.3 is 28.6 Å². The van der Waals surface area contributed by atoms with Crippen LogP contribution in [0.1, 0.15) is 27.3 Å². The van der Waals surface area contributed by atoms with Crippen LogP contribution in [0.15, 0.2) is 54.6 Å². The first-order valence-electron chi connectivity index (χ1n) is 7.87. The molecule has 0 saturated carbocycles. The van der Waals surface area contributed by atoms with E-state index >= 15 is 0 Å². The van der Waals surface area contributed by atoms with E-state index in [0.717, 1.165) is 22.9 Å². The van der Waals surface area contributed by atoms with E-state index in [1.807, 2.05) is 0 Å². The van der Waals surface area contributed by atoms with Crippen molar-refractivity contribution >= 4 is 22.9 Å². The van der Waals surface area contributed by atoms with Gasteiger partial charge in [0.15, 0.2) is 0 Å². The van der Waals surface area contributed by atoms with Gasteiger partial charge in [-0.25, -0.2) is 0 Å². The number of allylic oxidation sites excluding steroid dienone is 1. The van der Waals surface area contributed by atoms with E-state index in [2.05, 4.69) is 0 Å². The van der Waals surface area contributed by atoms with Crippen LogP contribution in [0.5, 0.6) is 0 Å². The number of carbonyl (C=O) groups excluding carboxylic acids is 1. The maximum atomic E-state index is 12.8. The molecule has 3 rings (SSSR count). The zero-order valence-corrected chi connectivity index (χ0v) is 14.1. The second-order valence-electron chi connectivity index (χ2n) is 5.87. The Morgan fingerprint density at radius 2 is 1.63 bits per heavy atom. The Labute approximate surface area is 151 Å². The zero-order chi connectivity index (χ0) is 19.8. The molecular weight excluding hydrogens is 361 g/mol. The molecule has 0 fully saturated rings. The summed E-state index contributed by atoms with van der Waals surface area (Å²) >= 11 is 0. The molecule has 0 aliphatic heterocycles. The lowest BCUT2D eigenvalue weighted by Crippen LogP contribution is -2.49. The predicted molar refractivity (Wildman–Crippen MR) is 88.3 cm³/mol. The molecule has 0 aliphatic carbocycles. The number of benzene rings is 2. The minimum absolute atomic E-state index is 0.0786. The fourth-order valence-electron chi connectivity index (χ4n) is 2.73. The lowest BCUT2D eigenvalue weighted by atomic mass is 10.1. The maximum absolute atomic E-state index is 12.8. The first-order chi connectivity index (χ1) is 12.7. The molecule has 0 spiro atoms. The van der Waals surface area contributed by atoms with Crippen LogP contribution in [0, 0.1) is 6.92 Å². The highest BCUT2D eigenvalue weighted by atomic mass is 19.4. The van der Waals surface area contributed by atoms with Gasteiger partial charge in [0, 0.05) is 28.5 Å². The van der Waals surface area contributed by atoms with E-state index in [4.69, 9.17) is 0 Å². The van der Waals surface area contributed by atoms with Crippen molar-refractivity contribution < 1.29 is 37.8 Å². The molecule has 27 heavy (non-hydrogen) atoms. The number of nitrogens with zero attached hydrogens (tertiary/aromatic N) is 2. The molecule has 0 unspecified atom stereocenters. The largest absolute Gasteiger partial charge is 0.416 e. The third kappa shape index (κ3) is 3.46. The van der Waals surface area contributed by atoms with Crippen LogP contribution in [-0.4, -0.2) is 16.2 Å². The molecule has 8 heteroatoms. The highest BCUT2D eigenvalue weighted by Gasteiger charge is 2.35. The van der Waals surface area contributed by atoms with E-state index in [9.17, 15) is 28.4 Å². The summed E-state index contributed by atoms with van der Waals surface area (Å²) in [5.74, 6) is -0.680. The van der Waals surface area contributed by atoms with Crippen molar-refractivity contribution in [3.8, 4) is 0 Å². The molecule has 0 bridgehead atoms. The lowest BCUT2D eigenvalue weighted by molar-refractivity contribution is -0.924. The smallest absolute Gasteiger partial charge is 0.284 e. The van der Waals surface area contributed by atoms with Crippen LogP contribution in [0.2, 0.25) is 0 Å². The van der Waals surface area contributed by atoms with Gasteiger partial charge in [-0.15, -0.1) is 0 Å². The fourth-order valence-corrected chi connectivity index (χ4v) is 2.73. The monoisotopic (exact) mass is 376 g/mol. The Kier molecular flexibility index (Phi) is 4.57. The van der Waals surface area contributed by atoms with Gasteiger partial charge < -0.3 is 0 Å². The fraction of sp³-hybridized carbons (Fsp3) is 0.105. The van der Waals surface area contributed by atoms with Crippen molar-refractivity contribution in [2.45, 2.75) is 13.1 Å². The Morgan fingerprint density at radius 3 is 2.26 bits per heavy atom. The first kappa shape index (κ1) is 18.4. The summed E-state index contributed by atoms with van der Waals surface area (Å²) in [4.78, 5) is 12.5. The molecule has 1 aromatic heterocycles. The molecule has 138 valence electrons. The number of fused-ring (bicyclic) bond motifs is 1. The van der Waals surface area contributed by atoms with Crippen molar-refractivity contribution in [1.29, 1.82) is 0 Å². The molecule has 0 amide bonds. The van der Waals surface area contributed by atoms with Crippen LogP contribution in [-0.2, 0) is 6.18 Å². The SMILES string of the molecule is Cc1c(C(=O)/C=C/c2cccc(C(F)(F)F)c2)[n+](O)c2ccccc2[n+]1O. The van der Waals surface area contributed by atoms with Gasteiger partial charge in [-0.3, -0.25) is 15.2 Å². The molecule has 3 aromatic rings. The van der Waals surface area contributed by atoms with Crippen molar-refractivity contribution in [3.63, 3.8) is 0 Å². The number of halogens is 3. The van der Waals surface area contributed by atoms with Gasteiger partial charge in [0.1, 0.15) is 0 Å². The van der Waals surface area contributed by atoms with Crippen LogP contribution in [0.4, 0.5) is 13.2 Å². The molecule has 1 heterocycles. The van der Waals surface area contributed by atoms with Crippen molar-refractivity contribution in [2.75, 3.05) is 0 Å². The van der Waals surface area contributed by atoms with Crippen LogP contribution in [0.25, 0.3) is 17.1 Å². The predicted octanol–water partition coefficient (Wildman–Crippen LogP) is 3.11. The number of alkyl halides is 3. The van der Waals surface area contributed by atoms with Crippen molar-refractivity contribution in [3.05, 3.63) is 77.1 Å².